The topological polar surface area (TPSA) is 101 Å². The van der Waals surface area contributed by atoms with Gasteiger partial charge in [0.1, 0.15) is 5.56 Å². The molecule has 0 bridgehead atoms. The standard InChI is InChI=1S/C15H11ClN4O3/c1-8-6-12(19-18-8)20-14(21)13(15(22)23)11(7-17-20)9-2-4-10(16)5-3-9/h2-7H,1H3,(H,18,19)(H,22,23). The molecule has 0 radical (unpaired) electrons. The van der Waals surface area contributed by atoms with Gasteiger partial charge in [-0.2, -0.15) is 14.9 Å². The normalized spacial score (nSPS) is 10.7. The van der Waals surface area contributed by atoms with Crippen LogP contribution in [-0.2, 0) is 0 Å². The summed E-state index contributed by atoms with van der Waals surface area (Å²) in [5.41, 5.74) is 0.371. The Balaban J connectivity index is 2.23. The van der Waals surface area contributed by atoms with Crippen molar-refractivity contribution in [3.8, 4) is 16.9 Å². The number of hydrogen-bond acceptors (Lipinski definition) is 4. The van der Waals surface area contributed by atoms with E-state index >= 15 is 0 Å². The summed E-state index contributed by atoms with van der Waals surface area (Å²) in [5, 5.41) is 20.6. The zero-order valence-electron chi connectivity index (χ0n) is 11.9. The lowest BCUT2D eigenvalue weighted by atomic mass is 10.0. The smallest absolute Gasteiger partial charge is 0.342 e. The zero-order chi connectivity index (χ0) is 16.6. The number of aromatic nitrogens is 4. The van der Waals surface area contributed by atoms with Gasteiger partial charge in [0.2, 0.25) is 0 Å². The molecule has 116 valence electrons. The van der Waals surface area contributed by atoms with Crippen molar-refractivity contribution in [2.24, 2.45) is 0 Å². The van der Waals surface area contributed by atoms with Crippen LogP contribution in [0.25, 0.3) is 16.9 Å². The summed E-state index contributed by atoms with van der Waals surface area (Å²) in [7, 11) is 0. The van der Waals surface area contributed by atoms with Gasteiger partial charge in [-0.05, 0) is 24.6 Å². The molecule has 8 heteroatoms. The zero-order valence-corrected chi connectivity index (χ0v) is 12.7. The minimum absolute atomic E-state index is 0.225. The summed E-state index contributed by atoms with van der Waals surface area (Å²) in [6.07, 6.45) is 1.33. The highest BCUT2D eigenvalue weighted by molar-refractivity contribution is 6.30. The molecule has 1 aromatic carbocycles. The highest BCUT2D eigenvalue weighted by atomic mass is 35.5. The Labute approximate surface area is 135 Å². The van der Waals surface area contributed by atoms with E-state index in [2.05, 4.69) is 15.3 Å². The number of nitrogens with one attached hydrogen (secondary N) is 1. The van der Waals surface area contributed by atoms with E-state index in [1.165, 1.54) is 6.20 Å². The largest absolute Gasteiger partial charge is 0.477 e. The summed E-state index contributed by atoms with van der Waals surface area (Å²) in [4.78, 5) is 24.1. The van der Waals surface area contributed by atoms with Gasteiger partial charge < -0.3 is 5.11 Å². The third-order valence-electron chi connectivity index (χ3n) is 3.26. The second-order valence-electron chi connectivity index (χ2n) is 4.87. The van der Waals surface area contributed by atoms with Crippen LogP contribution in [-0.4, -0.2) is 31.1 Å². The lowest BCUT2D eigenvalue weighted by Gasteiger charge is -2.08. The number of carboxylic acids is 1. The molecule has 3 aromatic rings. The maximum Gasteiger partial charge on any atom is 0.342 e. The minimum atomic E-state index is -1.33. The molecule has 2 N–H and O–H groups in total. The third-order valence-corrected chi connectivity index (χ3v) is 3.51. The van der Waals surface area contributed by atoms with Crippen molar-refractivity contribution in [2.45, 2.75) is 6.92 Å². The molecule has 0 aliphatic rings. The Kier molecular flexibility index (Phi) is 3.71. The highest BCUT2D eigenvalue weighted by Crippen LogP contribution is 2.23. The summed E-state index contributed by atoms with van der Waals surface area (Å²) in [6.45, 7) is 1.77. The average Bonchev–Trinajstić information content (AvgIpc) is 2.93. The molecule has 3 rings (SSSR count). The van der Waals surface area contributed by atoms with Crippen LogP contribution in [0.5, 0.6) is 0 Å². The van der Waals surface area contributed by atoms with Crippen molar-refractivity contribution in [3.05, 3.63) is 63.2 Å². The molecule has 0 unspecified atom stereocenters. The van der Waals surface area contributed by atoms with Gasteiger partial charge in [0.15, 0.2) is 5.82 Å². The quantitative estimate of drug-likeness (QED) is 0.767. The van der Waals surface area contributed by atoms with Crippen LogP contribution in [0.15, 0.2) is 41.3 Å². The molecule has 0 saturated carbocycles. The van der Waals surface area contributed by atoms with Crippen LogP contribution in [0.3, 0.4) is 0 Å². The van der Waals surface area contributed by atoms with E-state index in [1.54, 1.807) is 37.3 Å². The van der Waals surface area contributed by atoms with Gasteiger partial charge in [-0.1, -0.05) is 23.7 Å². The third kappa shape index (κ3) is 2.74. The van der Waals surface area contributed by atoms with Crippen molar-refractivity contribution in [2.75, 3.05) is 0 Å². The molecule has 7 nitrogen and oxygen atoms in total. The Morgan fingerprint density at radius 1 is 1.30 bits per heavy atom. The fourth-order valence-electron chi connectivity index (χ4n) is 2.18. The summed E-state index contributed by atoms with van der Waals surface area (Å²) in [5.74, 6) is -1.10. The van der Waals surface area contributed by atoms with Crippen molar-refractivity contribution in [1.29, 1.82) is 0 Å². The number of carbonyl (C=O) groups is 1. The van der Waals surface area contributed by atoms with Gasteiger partial charge in [-0.3, -0.25) is 9.89 Å². The van der Waals surface area contributed by atoms with Gasteiger partial charge >= 0.3 is 5.97 Å². The van der Waals surface area contributed by atoms with Crippen LogP contribution in [0.2, 0.25) is 5.02 Å². The number of benzene rings is 1. The van der Waals surface area contributed by atoms with Crippen LogP contribution in [0.4, 0.5) is 0 Å². The van der Waals surface area contributed by atoms with E-state index in [0.717, 1.165) is 10.4 Å². The van der Waals surface area contributed by atoms with E-state index < -0.39 is 11.5 Å². The predicted molar refractivity (Wildman–Crippen MR) is 84.1 cm³/mol. The van der Waals surface area contributed by atoms with E-state index in [1.807, 2.05) is 0 Å². The molecule has 0 saturated heterocycles. The lowest BCUT2D eigenvalue weighted by Crippen LogP contribution is -2.28. The second-order valence-corrected chi connectivity index (χ2v) is 5.31. The first-order valence-corrected chi connectivity index (χ1v) is 6.99. The van der Waals surface area contributed by atoms with E-state index in [0.29, 0.717) is 10.6 Å². The number of halogens is 1. The van der Waals surface area contributed by atoms with Crippen molar-refractivity contribution in [3.63, 3.8) is 0 Å². The van der Waals surface area contributed by atoms with Crippen LogP contribution < -0.4 is 5.56 Å². The predicted octanol–water partition coefficient (Wildman–Crippen LogP) is 2.28. The molecule has 0 spiro atoms. The molecular formula is C15H11ClN4O3. The number of carboxylic acid groups (broad SMARTS) is 1. The number of aryl methyl sites for hydroxylation is 1. The molecular weight excluding hydrogens is 320 g/mol. The molecule has 0 aliphatic heterocycles. The van der Waals surface area contributed by atoms with Crippen LogP contribution in [0, 0.1) is 6.92 Å². The van der Waals surface area contributed by atoms with Crippen LogP contribution in [0.1, 0.15) is 16.1 Å². The molecule has 0 fully saturated rings. The van der Waals surface area contributed by atoms with Gasteiger partial charge in [-0.25, -0.2) is 4.79 Å². The number of aromatic carboxylic acids is 1. The lowest BCUT2D eigenvalue weighted by molar-refractivity contribution is 0.0695. The maximum absolute atomic E-state index is 12.5. The first-order chi connectivity index (χ1) is 11.0. The molecule has 23 heavy (non-hydrogen) atoms. The summed E-state index contributed by atoms with van der Waals surface area (Å²) in [6, 6.07) is 8.10. The Hall–Kier alpha value is -2.93. The van der Waals surface area contributed by atoms with E-state index in [-0.39, 0.29) is 16.9 Å². The monoisotopic (exact) mass is 330 g/mol. The Morgan fingerprint density at radius 2 is 2.00 bits per heavy atom. The average molecular weight is 331 g/mol. The number of H-pyrrole nitrogens is 1. The van der Waals surface area contributed by atoms with Crippen LogP contribution >= 0.6 is 11.6 Å². The number of hydrogen-bond donors (Lipinski definition) is 2. The van der Waals surface area contributed by atoms with Gasteiger partial charge in [0.05, 0.1) is 6.20 Å². The highest BCUT2D eigenvalue weighted by Gasteiger charge is 2.20. The summed E-state index contributed by atoms with van der Waals surface area (Å²) >= 11 is 5.83. The fraction of sp³-hybridized carbons (Fsp3) is 0.0667. The second kappa shape index (κ2) is 5.69. The maximum atomic E-state index is 12.5. The Morgan fingerprint density at radius 3 is 2.57 bits per heavy atom. The molecule has 0 amide bonds. The fourth-order valence-corrected chi connectivity index (χ4v) is 2.31. The number of nitrogens with zero attached hydrogens (tertiary/aromatic N) is 3. The molecule has 2 heterocycles. The molecule has 2 aromatic heterocycles. The molecule has 0 atom stereocenters. The SMILES string of the molecule is Cc1cc(-n2ncc(-c3ccc(Cl)cc3)c(C(=O)O)c2=O)n[nH]1. The van der Waals surface area contributed by atoms with Gasteiger partial charge in [0.25, 0.3) is 5.56 Å². The first-order valence-electron chi connectivity index (χ1n) is 6.61. The van der Waals surface area contributed by atoms with Gasteiger partial charge in [0, 0.05) is 22.3 Å². The van der Waals surface area contributed by atoms with Crippen molar-refractivity contribution in [1.82, 2.24) is 20.0 Å². The Bertz CT molecular complexity index is 944. The van der Waals surface area contributed by atoms with E-state index in [9.17, 15) is 14.7 Å². The number of aromatic amines is 1. The number of rotatable bonds is 3. The minimum Gasteiger partial charge on any atom is -0.477 e. The van der Waals surface area contributed by atoms with Crippen molar-refractivity contribution >= 4 is 17.6 Å². The summed E-state index contributed by atoms with van der Waals surface area (Å²) < 4.78 is 0.951. The van der Waals surface area contributed by atoms with E-state index in [4.69, 9.17) is 11.6 Å². The van der Waals surface area contributed by atoms with Gasteiger partial charge in [-0.15, -0.1) is 0 Å². The molecule has 0 aliphatic carbocycles. The van der Waals surface area contributed by atoms with Crippen molar-refractivity contribution < 1.29 is 9.90 Å². The first kappa shape index (κ1) is 15.0.